The Morgan fingerprint density at radius 2 is 0.864 bits per heavy atom. The number of ether oxygens (including phenoxy) is 2. The fourth-order valence-corrected chi connectivity index (χ4v) is 8.19. The van der Waals surface area contributed by atoms with Gasteiger partial charge in [-0.05, 0) is 25.7 Å². The number of hydrogen-bond acceptors (Lipinski definition) is 8. The number of unbranched alkanes of at least 4 members (excludes halogenated alkanes) is 33. The fraction of sp³-hybridized carbons (Fsp3) is 0.918. The van der Waals surface area contributed by atoms with Gasteiger partial charge in [0.05, 0.1) is 13.2 Å². The Balaban J connectivity index is 4.01. The van der Waals surface area contributed by atoms with Crippen LogP contribution < -0.4 is 5.73 Å². The van der Waals surface area contributed by atoms with E-state index in [1.807, 2.05) is 6.08 Å². The van der Waals surface area contributed by atoms with Crippen LogP contribution in [0.5, 0.6) is 0 Å². The Labute approximate surface area is 364 Å². The van der Waals surface area contributed by atoms with Crippen LogP contribution in [0, 0.1) is 0 Å². The maximum atomic E-state index is 12.6. The summed E-state index contributed by atoms with van der Waals surface area (Å²) < 4.78 is 32.8. The molecular weight excluding hydrogens is 762 g/mol. The number of nitrogens with two attached hydrogens (primary N) is 1. The first-order valence-corrected chi connectivity index (χ1v) is 26.7. The minimum atomic E-state index is -4.38. The Hall–Kier alpha value is -1.25. The zero-order valence-corrected chi connectivity index (χ0v) is 39.7. The second-order valence-electron chi connectivity index (χ2n) is 17.0. The van der Waals surface area contributed by atoms with Gasteiger partial charge in [0, 0.05) is 19.4 Å². The number of allylic oxidation sites excluding steroid dienone is 2. The van der Waals surface area contributed by atoms with Gasteiger partial charge in [0.1, 0.15) is 6.61 Å². The molecule has 0 spiro atoms. The molecule has 0 aliphatic rings. The van der Waals surface area contributed by atoms with Crippen molar-refractivity contribution in [2.24, 2.45) is 5.73 Å². The lowest BCUT2D eigenvalue weighted by atomic mass is 10.0. The molecule has 0 saturated carbocycles. The number of carbonyl (C=O) groups excluding carboxylic acids is 2. The lowest BCUT2D eigenvalue weighted by Gasteiger charge is -2.19. The SMILES string of the molecule is CCCCCCCCCCCCC/C=C/CCC(=O)OC[C@H](COP(=O)(O)OCCN)OC(=O)CCCCCCCCCCCCCCCCCCCCCCCCC. The Morgan fingerprint density at radius 3 is 1.27 bits per heavy atom. The summed E-state index contributed by atoms with van der Waals surface area (Å²) in [7, 11) is -4.38. The van der Waals surface area contributed by atoms with Crippen LogP contribution in [0.1, 0.15) is 258 Å². The quantitative estimate of drug-likeness (QED) is 0.0265. The number of phosphoric ester groups is 1. The van der Waals surface area contributed by atoms with Gasteiger partial charge in [-0.25, -0.2) is 4.57 Å². The molecule has 2 atom stereocenters. The number of hydrogen-bond donors (Lipinski definition) is 2. The Kier molecular flexibility index (Phi) is 45.3. The molecule has 0 aromatic rings. The number of phosphoric acid groups is 1. The minimum absolute atomic E-state index is 0.0528. The molecule has 1 unspecified atom stereocenters. The highest BCUT2D eigenvalue weighted by Crippen LogP contribution is 2.43. The summed E-state index contributed by atoms with van der Waals surface area (Å²) in [5.41, 5.74) is 5.36. The van der Waals surface area contributed by atoms with Crippen LogP contribution in [0.2, 0.25) is 0 Å². The van der Waals surface area contributed by atoms with Crippen molar-refractivity contribution in [2.75, 3.05) is 26.4 Å². The van der Waals surface area contributed by atoms with Gasteiger partial charge in [0.2, 0.25) is 0 Å². The van der Waals surface area contributed by atoms with E-state index in [0.717, 1.165) is 25.7 Å². The van der Waals surface area contributed by atoms with E-state index in [-0.39, 0.29) is 32.6 Å². The van der Waals surface area contributed by atoms with Gasteiger partial charge in [0.15, 0.2) is 6.10 Å². The van der Waals surface area contributed by atoms with Gasteiger partial charge in [-0.3, -0.25) is 18.6 Å². The summed E-state index contributed by atoms with van der Waals surface area (Å²) in [5, 5.41) is 0. The van der Waals surface area contributed by atoms with Crippen molar-refractivity contribution in [3.05, 3.63) is 12.2 Å². The molecule has 0 rings (SSSR count). The maximum Gasteiger partial charge on any atom is 0.472 e. The number of rotatable bonds is 48. The zero-order chi connectivity index (χ0) is 43.2. The first-order valence-electron chi connectivity index (χ1n) is 25.2. The molecular formula is C49H96NO8P. The second-order valence-corrected chi connectivity index (χ2v) is 18.5. The Bertz CT molecular complexity index is 980. The van der Waals surface area contributed by atoms with Crippen molar-refractivity contribution in [1.29, 1.82) is 0 Å². The third kappa shape index (κ3) is 46.1. The highest BCUT2D eigenvalue weighted by Gasteiger charge is 2.26. The lowest BCUT2D eigenvalue weighted by molar-refractivity contribution is -0.161. The Morgan fingerprint density at radius 1 is 0.492 bits per heavy atom. The molecule has 0 aliphatic heterocycles. The van der Waals surface area contributed by atoms with E-state index in [1.165, 1.54) is 193 Å². The molecule has 0 aromatic heterocycles. The third-order valence-electron chi connectivity index (χ3n) is 11.2. The largest absolute Gasteiger partial charge is 0.472 e. The average Bonchev–Trinajstić information content (AvgIpc) is 3.22. The molecule has 10 heteroatoms. The standard InChI is InChI=1S/C49H96NO8P/c1-3-5-7-9-11-13-15-17-19-20-21-22-23-24-25-26-28-30-32-34-36-38-40-42-49(52)58-47(46-57-59(53,54)56-44-43-50)45-55-48(51)41-39-37-35-33-31-29-27-18-16-14-12-10-8-6-4-2/h35,37,47H,3-34,36,38-46,50H2,1-2H3,(H,53,54)/b37-35+/t47-/m1/s1. The van der Waals surface area contributed by atoms with Crippen molar-refractivity contribution in [3.8, 4) is 0 Å². The monoisotopic (exact) mass is 858 g/mol. The van der Waals surface area contributed by atoms with Gasteiger partial charge in [-0.1, -0.05) is 231 Å². The average molecular weight is 858 g/mol. The number of carbonyl (C=O) groups is 2. The first-order chi connectivity index (χ1) is 28.8. The van der Waals surface area contributed by atoms with E-state index < -0.39 is 32.5 Å². The van der Waals surface area contributed by atoms with E-state index in [9.17, 15) is 19.0 Å². The van der Waals surface area contributed by atoms with Gasteiger partial charge in [-0.2, -0.15) is 0 Å². The van der Waals surface area contributed by atoms with Crippen LogP contribution in [0.15, 0.2) is 12.2 Å². The second kappa shape index (κ2) is 46.3. The summed E-state index contributed by atoms with van der Waals surface area (Å²) >= 11 is 0. The molecule has 0 aliphatic carbocycles. The van der Waals surface area contributed by atoms with E-state index in [1.54, 1.807) is 0 Å². The highest BCUT2D eigenvalue weighted by atomic mass is 31.2. The first kappa shape index (κ1) is 57.8. The molecule has 3 N–H and O–H groups in total. The molecule has 0 heterocycles. The van der Waals surface area contributed by atoms with Crippen LogP contribution in [0.3, 0.4) is 0 Å². The van der Waals surface area contributed by atoms with Crippen molar-refractivity contribution in [3.63, 3.8) is 0 Å². The van der Waals surface area contributed by atoms with Crippen molar-refractivity contribution < 1.29 is 37.6 Å². The molecule has 0 amide bonds. The smallest absolute Gasteiger partial charge is 0.462 e. The topological polar surface area (TPSA) is 134 Å². The van der Waals surface area contributed by atoms with Crippen molar-refractivity contribution in [2.45, 2.75) is 264 Å². The number of esters is 2. The molecule has 350 valence electrons. The van der Waals surface area contributed by atoms with E-state index in [0.29, 0.717) is 12.8 Å². The minimum Gasteiger partial charge on any atom is -0.462 e. The molecule has 0 aromatic carbocycles. The van der Waals surface area contributed by atoms with Gasteiger partial charge >= 0.3 is 19.8 Å². The van der Waals surface area contributed by atoms with E-state index in [4.69, 9.17) is 24.3 Å². The summed E-state index contributed by atoms with van der Waals surface area (Å²) in [4.78, 5) is 35.0. The van der Waals surface area contributed by atoms with E-state index >= 15 is 0 Å². The van der Waals surface area contributed by atoms with Crippen LogP contribution in [-0.2, 0) is 32.7 Å². The summed E-state index contributed by atoms with van der Waals surface area (Å²) in [6.07, 6.45) is 49.8. The van der Waals surface area contributed by atoms with Crippen LogP contribution in [0.4, 0.5) is 0 Å². The molecule has 0 fully saturated rings. The lowest BCUT2D eigenvalue weighted by Crippen LogP contribution is -2.29. The van der Waals surface area contributed by atoms with E-state index in [2.05, 4.69) is 19.9 Å². The third-order valence-corrected chi connectivity index (χ3v) is 12.1. The van der Waals surface area contributed by atoms with Crippen LogP contribution >= 0.6 is 7.82 Å². The van der Waals surface area contributed by atoms with Crippen LogP contribution in [0.25, 0.3) is 0 Å². The van der Waals surface area contributed by atoms with Crippen molar-refractivity contribution in [1.82, 2.24) is 0 Å². The summed E-state index contributed by atoms with van der Waals surface area (Å²) in [6.45, 7) is 3.74. The van der Waals surface area contributed by atoms with Gasteiger partial charge in [-0.15, -0.1) is 0 Å². The maximum absolute atomic E-state index is 12.6. The predicted octanol–water partition coefficient (Wildman–Crippen LogP) is 15.0. The van der Waals surface area contributed by atoms with Gasteiger partial charge in [0.25, 0.3) is 0 Å². The molecule has 59 heavy (non-hydrogen) atoms. The van der Waals surface area contributed by atoms with Crippen LogP contribution in [-0.4, -0.2) is 49.3 Å². The summed E-state index contributed by atoms with van der Waals surface area (Å²) in [5.74, 6) is -0.870. The summed E-state index contributed by atoms with van der Waals surface area (Å²) in [6, 6.07) is 0. The molecule has 0 bridgehead atoms. The predicted molar refractivity (Wildman–Crippen MR) is 248 cm³/mol. The van der Waals surface area contributed by atoms with Gasteiger partial charge < -0.3 is 20.1 Å². The zero-order valence-electron chi connectivity index (χ0n) is 38.8. The normalized spacial score (nSPS) is 13.2. The fourth-order valence-electron chi connectivity index (χ4n) is 7.42. The van der Waals surface area contributed by atoms with Crippen molar-refractivity contribution >= 4 is 19.8 Å². The highest BCUT2D eigenvalue weighted by molar-refractivity contribution is 7.47. The molecule has 0 saturated heterocycles. The molecule has 0 radical (unpaired) electrons. The molecule has 9 nitrogen and oxygen atoms in total.